The fourth-order valence-electron chi connectivity index (χ4n) is 3.52. The minimum Gasteiger partial charge on any atom is -0.387 e. The Hall–Kier alpha value is -1.52. The normalized spacial score (nSPS) is 47.2. The molecule has 0 aromatic carbocycles. The van der Waals surface area contributed by atoms with Crippen molar-refractivity contribution in [2.45, 2.75) is 49.3 Å². The Morgan fingerprint density at radius 3 is 2.62 bits per heavy atom. The molecule has 21 heavy (non-hydrogen) atoms. The zero-order valence-corrected chi connectivity index (χ0v) is 11.0. The summed E-state index contributed by atoms with van der Waals surface area (Å²) in [7, 11) is 0. The first-order valence-electron chi connectivity index (χ1n) is 6.57. The largest absolute Gasteiger partial charge is 0.387 e. The van der Waals surface area contributed by atoms with Gasteiger partial charge in [0.05, 0.1) is 0 Å². The average Bonchev–Trinajstić information content (AvgIpc) is 2.85. The fraction of sp³-hybridized carbons (Fsp3) is 0.667. The maximum absolute atomic E-state index is 11.9. The minimum atomic E-state index is -1.77. The Balaban J connectivity index is 1.82. The number of hydrogen-bond acceptors (Lipinski definition) is 7. The van der Waals surface area contributed by atoms with Crippen LogP contribution in [0.4, 0.5) is 0 Å². The molecule has 4 N–H and O–H groups in total. The Morgan fingerprint density at radius 2 is 2.00 bits per heavy atom. The third-order valence-electron chi connectivity index (χ3n) is 4.61. The van der Waals surface area contributed by atoms with Crippen molar-refractivity contribution < 1.29 is 24.8 Å². The van der Waals surface area contributed by atoms with E-state index in [4.69, 9.17) is 9.47 Å². The molecule has 3 aliphatic rings. The number of aryl methyl sites for hydroxylation is 1. The summed E-state index contributed by atoms with van der Waals surface area (Å²) in [6, 6.07) is 0. The van der Waals surface area contributed by atoms with Crippen LogP contribution in [-0.4, -0.2) is 61.0 Å². The minimum absolute atomic E-state index is 0.292. The third kappa shape index (κ3) is 1.37. The molecule has 0 unspecified atom stereocenters. The first kappa shape index (κ1) is 13.2. The van der Waals surface area contributed by atoms with Crippen molar-refractivity contribution in [1.29, 1.82) is 0 Å². The van der Waals surface area contributed by atoms with E-state index >= 15 is 0 Å². The summed E-state index contributed by atoms with van der Waals surface area (Å²) < 4.78 is 12.1. The van der Waals surface area contributed by atoms with Gasteiger partial charge in [-0.1, -0.05) is 0 Å². The Morgan fingerprint density at radius 1 is 1.29 bits per heavy atom. The van der Waals surface area contributed by atoms with Crippen LogP contribution in [0.25, 0.3) is 0 Å². The van der Waals surface area contributed by atoms with Gasteiger partial charge in [-0.05, 0) is 6.92 Å². The van der Waals surface area contributed by atoms with E-state index in [1.54, 1.807) is 0 Å². The summed E-state index contributed by atoms with van der Waals surface area (Å²) in [4.78, 5) is 25.5. The molecule has 3 heterocycles. The summed E-state index contributed by atoms with van der Waals surface area (Å²) in [5.74, 6) is 0. The highest BCUT2D eigenvalue weighted by Crippen LogP contribution is 2.54. The number of rotatable bonds is 1. The molecule has 1 saturated carbocycles. The van der Waals surface area contributed by atoms with Gasteiger partial charge in [-0.25, -0.2) is 4.79 Å². The zero-order chi connectivity index (χ0) is 15.1. The Kier molecular flexibility index (Phi) is 2.39. The predicted molar refractivity (Wildman–Crippen MR) is 65.6 cm³/mol. The second-order valence-electron chi connectivity index (χ2n) is 5.77. The van der Waals surface area contributed by atoms with Crippen LogP contribution >= 0.6 is 0 Å². The molecule has 1 aliphatic carbocycles. The number of aliphatic hydroxyl groups excluding tert-OH is 2. The van der Waals surface area contributed by atoms with Crippen molar-refractivity contribution in [2.75, 3.05) is 0 Å². The van der Waals surface area contributed by atoms with Crippen molar-refractivity contribution in [3.63, 3.8) is 0 Å². The summed E-state index contributed by atoms with van der Waals surface area (Å²) in [5.41, 5.74) is -2.70. The van der Waals surface area contributed by atoms with E-state index in [9.17, 15) is 24.9 Å². The fourth-order valence-corrected chi connectivity index (χ4v) is 3.52. The highest BCUT2D eigenvalue weighted by atomic mass is 16.6. The van der Waals surface area contributed by atoms with Crippen LogP contribution in [0.1, 0.15) is 11.8 Å². The Bertz CT molecular complexity index is 727. The topological polar surface area (TPSA) is 134 Å². The molecular weight excluding hydrogens is 284 g/mol. The lowest BCUT2D eigenvalue weighted by molar-refractivity contribution is -0.133. The molecule has 7 atom stereocenters. The van der Waals surface area contributed by atoms with Crippen LogP contribution in [0.2, 0.25) is 0 Å². The SMILES string of the molecule is Cc1cn([C@@H]2O[C@@H]3[C@H](O)[C@@H]4O[C@H]2[C@@]3(O)[C@@H]4O)c(=O)[nH]c1=O. The van der Waals surface area contributed by atoms with Gasteiger partial charge in [-0.2, -0.15) is 0 Å². The van der Waals surface area contributed by atoms with Gasteiger partial charge in [0.15, 0.2) is 11.8 Å². The molecule has 0 spiro atoms. The van der Waals surface area contributed by atoms with Crippen molar-refractivity contribution in [2.24, 2.45) is 0 Å². The van der Waals surface area contributed by atoms with E-state index in [-0.39, 0.29) is 0 Å². The highest BCUT2D eigenvalue weighted by molar-refractivity contribution is 5.24. The predicted octanol–water partition coefficient (Wildman–Crippen LogP) is -3.02. The van der Waals surface area contributed by atoms with Gasteiger partial charge in [0.25, 0.3) is 5.56 Å². The number of hydrogen-bond donors (Lipinski definition) is 4. The molecule has 1 aromatic heterocycles. The third-order valence-corrected chi connectivity index (χ3v) is 4.61. The Labute approximate surface area is 117 Å². The van der Waals surface area contributed by atoms with Crippen LogP contribution in [0, 0.1) is 6.92 Å². The molecule has 3 fully saturated rings. The second-order valence-corrected chi connectivity index (χ2v) is 5.77. The lowest BCUT2D eigenvalue weighted by Gasteiger charge is -2.28. The molecule has 1 aromatic rings. The van der Waals surface area contributed by atoms with Gasteiger partial charge >= 0.3 is 5.69 Å². The first-order valence-corrected chi connectivity index (χ1v) is 6.57. The van der Waals surface area contributed by atoms with Gasteiger partial charge in [0.1, 0.15) is 30.5 Å². The highest BCUT2D eigenvalue weighted by Gasteiger charge is 2.77. The van der Waals surface area contributed by atoms with Gasteiger partial charge in [-0.15, -0.1) is 0 Å². The summed E-state index contributed by atoms with van der Waals surface area (Å²) in [6.07, 6.45) is -5.17. The van der Waals surface area contributed by atoms with E-state index in [1.807, 2.05) is 0 Å². The molecule has 0 radical (unpaired) electrons. The van der Waals surface area contributed by atoms with E-state index in [1.165, 1.54) is 13.1 Å². The molecule has 0 amide bonds. The molecular formula is C12H14N2O7. The van der Waals surface area contributed by atoms with E-state index in [2.05, 4.69) is 4.98 Å². The number of aromatic nitrogens is 2. The first-order chi connectivity index (χ1) is 9.85. The van der Waals surface area contributed by atoms with Crippen molar-refractivity contribution in [3.8, 4) is 0 Å². The molecule has 2 aliphatic heterocycles. The van der Waals surface area contributed by atoms with Crippen molar-refractivity contribution in [3.05, 3.63) is 32.6 Å². The standard InChI is InChI=1S/C12H14N2O7/c1-3-2-14(11(18)13-9(3)17)10-8-12(19)6(16)5(20-8)4(15)7(12)21-10/h2,4-8,10,15-16,19H,1H3,(H,13,17,18)/t4-,5+,6-,7-,8-,10-,12-/m1/s1. The summed E-state index contributed by atoms with van der Waals surface area (Å²) in [6.45, 7) is 1.52. The molecule has 2 saturated heterocycles. The maximum Gasteiger partial charge on any atom is 0.330 e. The quantitative estimate of drug-likeness (QED) is 0.433. The average molecular weight is 298 g/mol. The van der Waals surface area contributed by atoms with Gasteiger partial charge < -0.3 is 24.8 Å². The molecule has 114 valence electrons. The molecule has 9 heteroatoms. The van der Waals surface area contributed by atoms with Gasteiger partial charge in [-0.3, -0.25) is 14.3 Å². The zero-order valence-electron chi connectivity index (χ0n) is 11.0. The monoisotopic (exact) mass is 298 g/mol. The van der Waals surface area contributed by atoms with Gasteiger partial charge in [0.2, 0.25) is 0 Å². The maximum atomic E-state index is 11.9. The number of ether oxygens (including phenoxy) is 2. The molecule has 9 nitrogen and oxygen atoms in total. The summed E-state index contributed by atoms with van der Waals surface area (Å²) in [5, 5.41) is 30.5. The number of aromatic amines is 1. The van der Waals surface area contributed by atoms with Crippen LogP contribution in [0.15, 0.2) is 15.8 Å². The van der Waals surface area contributed by atoms with Crippen molar-refractivity contribution >= 4 is 0 Å². The van der Waals surface area contributed by atoms with Crippen molar-refractivity contribution in [1.82, 2.24) is 9.55 Å². The number of nitrogens with one attached hydrogen (secondary N) is 1. The number of H-pyrrole nitrogens is 1. The lowest BCUT2D eigenvalue weighted by atomic mass is 9.93. The smallest absolute Gasteiger partial charge is 0.330 e. The van der Waals surface area contributed by atoms with Crippen LogP contribution in [0.5, 0.6) is 0 Å². The van der Waals surface area contributed by atoms with Gasteiger partial charge in [0, 0.05) is 11.8 Å². The number of nitrogens with zero attached hydrogens (tertiary/aromatic N) is 1. The van der Waals surface area contributed by atoms with Crippen LogP contribution in [-0.2, 0) is 9.47 Å². The molecule has 4 rings (SSSR count). The van der Waals surface area contributed by atoms with Crippen LogP contribution in [0.3, 0.4) is 0 Å². The molecule has 2 bridgehead atoms. The number of fused-ring (bicyclic) bond motifs is 1. The number of aliphatic hydroxyl groups is 3. The lowest BCUT2D eigenvalue weighted by Crippen LogP contribution is -2.52. The van der Waals surface area contributed by atoms with Crippen LogP contribution < -0.4 is 11.2 Å². The van der Waals surface area contributed by atoms with E-state index in [0.29, 0.717) is 5.56 Å². The van der Waals surface area contributed by atoms with E-state index in [0.717, 1.165) is 4.57 Å². The van der Waals surface area contributed by atoms with E-state index < -0.39 is 53.6 Å². The summed E-state index contributed by atoms with van der Waals surface area (Å²) >= 11 is 0. The second kappa shape index (κ2) is 3.81.